The molecule has 34 heavy (non-hydrogen) atoms. The van der Waals surface area contributed by atoms with Crippen molar-refractivity contribution >= 4 is 29.0 Å². The molecule has 1 aliphatic carbocycles. The van der Waals surface area contributed by atoms with Crippen LogP contribution >= 0.6 is 0 Å². The first-order valence-electron chi connectivity index (χ1n) is 12.2. The van der Waals surface area contributed by atoms with E-state index in [0.717, 1.165) is 54.0 Å². The molecule has 2 aromatic carbocycles. The summed E-state index contributed by atoms with van der Waals surface area (Å²) >= 11 is 0. The SMILES string of the molecule is O=C1CC(c2ccc3c(c2)N(C(=O)C2CCc4ccccc4CC2)Cc2cccnc2N3)CN1. The number of hydrogen-bond donors (Lipinski definition) is 2. The predicted molar refractivity (Wildman–Crippen MR) is 132 cm³/mol. The van der Waals surface area contributed by atoms with Crippen molar-refractivity contribution in [3.05, 3.63) is 83.0 Å². The molecule has 1 saturated heterocycles. The summed E-state index contributed by atoms with van der Waals surface area (Å²) in [5, 5.41) is 6.39. The summed E-state index contributed by atoms with van der Waals surface area (Å²) in [6.07, 6.45) is 5.84. The molecule has 0 spiro atoms. The highest BCUT2D eigenvalue weighted by molar-refractivity contribution is 5.99. The number of aromatic nitrogens is 1. The van der Waals surface area contributed by atoms with E-state index >= 15 is 0 Å². The fourth-order valence-electron chi connectivity index (χ4n) is 5.55. The molecule has 6 heteroatoms. The Morgan fingerprint density at radius 3 is 2.47 bits per heavy atom. The number of benzene rings is 2. The number of hydrogen-bond acceptors (Lipinski definition) is 4. The Labute approximate surface area is 199 Å². The molecule has 2 N–H and O–H groups in total. The lowest BCUT2D eigenvalue weighted by atomic mass is 9.95. The number of fused-ring (bicyclic) bond motifs is 3. The zero-order valence-electron chi connectivity index (χ0n) is 19.1. The molecule has 0 bridgehead atoms. The maximum Gasteiger partial charge on any atom is 0.230 e. The Morgan fingerprint density at radius 1 is 0.971 bits per heavy atom. The highest BCUT2D eigenvalue weighted by Gasteiger charge is 2.32. The lowest BCUT2D eigenvalue weighted by molar-refractivity contribution is -0.123. The molecule has 3 heterocycles. The molecule has 1 fully saturated rings. The predicted octanol–water partition coefficient (Wildman–Crippen LogP) is 4.47. The molecule has 1 unspecified atom stereocenters. The van der Waals surface area contributed by atoms with Gasteiger partial charge in [-0.1, -0.05) is 36.4 Å². The van der Waals surface area contributed by atoms with Crippen molar-refractivity contribution in [2.24, 2.45) is 5.92 Å². The van der Waals surface area contributed by atoms with Crippen LogP contribution in [0.4, 0.5) is 17.2 Å². The lowest BCUT2D eigenvalue weighted by Crippen LogP contribution is -2.36. The number of amides is 2. The number of carbonyl (C=O) groups excluding carboxylic acids is 2. The Kier molecular flexibility index (Phi) is 5.28. The molecule has 0 saturated carbocycles. The van der Waals surface area contributed by atoms with E-state index in [2.05, 4.69) is 52.0 Å². The fraction of sp³-hybridized carbons (Fsp3) is 0.321. The van der Waals surface area contributed by atoms with E-state index in [-0.39, 0.29) is 23.7 Å². The van der Waals surface area contributed by atoms with Gasteiger partial charge >= 0.3 is 0 Å². The first kappa shape index (κ1) is 20.9. The summed E-state index contributed by atoms with van der Waals surface area (Å²) in [6, 6.07) is 18.7. The van der Waals surface area contributed by atoms with Gasteiger partial charge in [0.15, 0.2) is 0 Å². The van der Waals surface area contributed by atoms with Crippen LogP contribution in [0, 0.1) is 5.92 Å². The van der Waals surface area contributed by atoms with Crippen molar-refractivity contribution in [1.82, 2.24) is 10.3 Å². The second kappa shape index (κ2) is 8.60. The van der Waals surface area contributed by atoms with Crippen LogP contribution in [-0.2, 0) is 29.0 Å². The number of carbonyl (C=O) groups is 2. The van der Waals surface area contributed by atoms with E-state index in [9.17, 15) is 9.59 Å². The number of rotatable bonds is 2. The van der Waals surface area contributed by atoms with Gasteiger partial charge < -0.3 is 15.5 Å². The zero-order chi connectivity index (χ0) is 23.1. The minimum Gasteiger partial charge on any atom is -0.355 e. The van der Waals surface area contributed by atoms with Gasteiger partial charge in [-0.25, -0.2) is 4.98 Å². The number of pyridine rings is 1. The zero-order valence-corrected chi connectivity index (χ0v) is 19.1. The molecule has 6 rings (SSSR count). The van der Waals surface area contributed by atoms with E-state index in [1.54, 1.807) is 6.20 Å². The van der Waals surface area contributed by atoms with Crippen LogP contribution in [0.25, 0.3) is 0 Å². The van der Waals surface area contributed by atoms with Crippen LogP contribution in [0.1, 0.15) is 47.4 Å². The number of nitrogens with zero attached hydrogens (tertiary/aromatic N) is 2. The third-order valence-corrected chi connectivity index (χ3v) is 7.49. The first-order chi connectivity index (χ1) is 16.7. The second-order valence-electron chi connectivity index (χ2n) is 9.59. The fourth-order valence-corrected chi connectivity index (χ4v) is 5.55. The van der Waals surface area contributed by atoms with Gasteiger partial charge in [-0.3, -0.25) is 9.59 Å². The molecule has 1 aromatic heterocycles. The maximum atomic E-state index is 14.1. The van der Waals surface area contributed by atoms with Gasteiger partial charge in [0.2, 0.25) is 11.8 Å². The summed E-state index contributed by atoms with van der Waals surface area (Å²) in [6.45, 7) is 1.12. The van der Waals surface area contributed by atoms with Gasteiger partial charge in [-0.15, -0.1) is 0 Å². The molecular formula is C28H28N4O2. The Balaban J connectivity index is 1.36. The third-order valence-electron chi connectivity index (χ3n) is 7.49. The van der Waals surface area contributed by atoms with E-state index < -0.39 is 0 Å². The Bertz CT molecular complexity index is 1240. The molecule has 3 aliphatic rings. The van der Waals surface area contributed by atoms with Crippen molar-refractivity contribution in [2.45, 2.75) is 44.6 Å². The average molecular weight is 453 g/mol. The summed E-state index contributed by atoms with van der Waals surface area (Å²) in [7, 11) is 0. The molecule has 0 radical (unpaired) electrons. The van der Waals surface area contributed by atoms with Crippen LogP contribution in [0.5, 0.6) is 0 Å². The van der Waals surface area contributed by atoms with Gasteiger partial charge in [-0.2, -0.15) is 0 Å². The van der Waals surface area contributed by atoms with E-state index in [4.69, 9.17) is 0 Å². The summed E-state index contributed by atoms with van der Waals surface area (Å²) in [4.78, 5) is 32.4. The molecule has 2 amide bonds. The minimum atomic E-state index is -0.0307. The smallest absolute Gasteiger partial charge is 0.230 e. The number of anilines is 3. The van der Waals surface area contributed by atoms with Crippen LogP contribution in [0.2, 0.25) is 0 Å². The normalized spacial score (nSPS) is 19.7. The highest BCUT2D eigenvalue weighted by Crippen LogP contribution is 2.39. The second-order valence-corrected chi connectivity index (χ2v) is 9.59. The number of nitrogens with one attached hydrogen (secondary N) is 2. The molecular weight excluding hydrogens is 424 g/mol. The van der Waals surface area contributed by atoms with Crippen LogP contribution in [0.15, 0.2) is 60.8 Å². The minimum absolute atomic E-state index is 0.0307. The van der Waals surface area contributed by atoms with Gasteiger partial charge in [0.05, 0.1) is 17.9 Å². The summed E-state index contributed by atoms with van der Waals surface area (Å²) in [5.74, 6) is 1.14. The van der Waals surface area contributed by atoms with Gasteiger partial charge in [0.1, 0.15) is 5.82 Å². The maximum absolute atomic E-state index is 14.1. The van der Waals surface area contributed by atoms with Crippen LogP contribution in [-0.4, -0.2) is 23.3 Å². The lowest BCUT2D eigenvalue weighted by Gasteiger charge is -2.28. The van der Waals surface area contributed by atoms with E-state index in [0.29, 0.717) is 19.5 Å². The van der Waals surface area contributed by atoms with Crippen molar-refractivity contribution in [1.29, 1.82) is 0 Å². The number of aryl methyl sites for hydroxylation is 2. The summed E-state index contributed by atoms with van der Waals surface area (Å²) < 4.78 is 0. The van der Waals surface area contributed by atoms with E-state index in [1.165, 1.54) is 11.1 Å². The van der Waals surface area contributed by atoms with Gasteiger partial charge in [-0.05, 0) is 60.6 Å². The quantitative estimate of drug-likeness (QED) is 0.563. The van der Waals surface area contributed by atoms with Crippen molar-refractivity contribution < 1.29 is 9.59 Å². The average Bonchev–Trinajstić information content (AvgIpc) is 3.09. The third kappa shape index (κ3) is 3.83. The van der Waals surface area contributed by atoms with Crippen molar-refractivity contribution in [2.75, 3.05) is 16.8 Å². The topological polar surface area (TPSA) is 74.3 Å². The van der Waals surface area contributed by atoms with E-state index in [1.807, 2.05) is 23.1 Å². The Hall–Kier alpha value is -3.67. The van der Waals surface area contributed by atoms with Crippen molar-refractivity contribution in [3.63, 3.8) is 0 Å². The van der Waals surface area contributed by atoms with Crippen molar-refractivity contribution in [3.8, 4) is 0 Å². The molecule has 3 aromatic rings. The largest absolute Gasteiger partial charge is 0.355 e. The molecule has 1 atom stereocenters. The van der Waals surface area contributed by atoms with Crippen LogP contribution < -0.4 is 15.5 Å². The Morgan fingerprint density at radius 2 is 1.74 bits per heavy atom. The van der Waals surface area contributed by atoms with Gasteiger partial charge in [0, 0.05) is 36.6 Å². The van der Waals surface area contributed by atoms with Crippen LogP contribution in [0.3, 0.4) is 0 Å². The summed E-state index contributed by atoms with van der Waals surface area (Å²) in [5.41, 5.74) is 6.58. The first-order valence-corrected chi connectivity index (χ1v) is 12.2. The highest BCUT2D eigenvalue weighted by atomic mass is 16.2. The molecule has 2 aliphatic heterocycles. The molecule has 6 nitrogen and oxygen atoms in total. The molecule has 172 valence electrons. The standard InChI is InChI=1S/C28H28N4O2/c33-26-15-23(16-30-26)21-11-12-24-25(14-21)32(17-22-6-3-13-29-27(22)31-24)28(34)20-9-7-18-4-1-2-5-19(18)8-10-20/h1-6,11-14,20,23H,7-10,15-17H2,(H,29,31)(H,30,33). The van der Waals surface area contributed by atoms with Gasteiger partial charge in [0.25, 0.3) is 0 Å². The monoisotopic (exact) mass is 452 g/mol.